The van der Waals surface area contributed by atoms with Crippen molar-refractivity contribution in [2.45, 2.75) is 44.9 Å². The summed E-state index contributed by atoms with van der Waals surface area (Å²) in [5, 5.41) is 0.929. The molecule has 1 aliphatic rings. The standard InChI is InChI=1S/C16H24ClN/c1-12(11-18)13-7-3-2-4-8-14(13)15-9-5-6-10-16(15)17/h5-6,9-10,12-14H,2-4,7-8,11,18H2,1H3. The van der Waals surface area contributed by atoms with Gasteiger partial charge in [-0.1, -0.05) is 56.0 Å². The summed E-state index contributed by atoms with van der Waals surface area (Å²) in [5.74, 6) is 1.88. The van der Waals surface area contributed by atoms with E-state index in [1.54, 1.807) is 0 Å². The molecule has 18 heavy (non-hydrogen) atoms. The molecule has 1 fully saturated rings. The third-order valence-electron chi connectivity index (χ3n) is 4.48. The first-order valence-electron chi connectivity index (χ1n) is 7.18. The third kappa shape index (κ3) is 3.07. The number of hydrogen-bond donors (Lipinski definition) is 1. The predicted molar refractivity (Wildman–Crippen MR) is 79.0 cm³/mol. The topological polar surface area (TPSA) is 26.0 Å². The summed E-state index contributed by atoms with van der Waals surface area (Å²) >= 11 is 6.39. The Labute approximate surface area is 116 Å². The first-order chi connectivity index (χ1) is 8.74. The van der Waals surface area contributed by atoms with Crippen molar-refractivity contribution < 1.29 is 0 Å². The predicted octanol–water partition coefficient (Wildman–Crippen LogP) is 4.60. The van der Waals surface area contributed by atoms with Gasteiger partial charge in [-0.05, 0) is 48.8 Å². The molecule has 3 unspecified atom stereocenters. The Morgan fingerprint density at radius 3 is 2.67 bits per heavy atom. The third-order valence-corrected chi connectivity index (χ3v) is 4.82. The minimum Gasteiger partial charge on any atom is -0.330 e. The minimum atomic E-state index is 0.587. The average Bonchev–Trinajstić information content (AvgIpc) is 2.64. The molecule has 0 radical (unpaired) electrons. The van der Waals surface area contributed by atoms with E-state index in [2.05, 4.69) is 19.1 Å². The highest BCUT2D eigenvalue weighted by atomic mass is 35.5. The average molecular weight is 266 g/mol. The summed E-state index contributed by atoms with van der Waals surface area (Å²) in [5.41, 5.74) is 7.24. The molecular formula is C16H24ClN. The van der Waals surface area contributed by atoms with Gasteiger partial charge in [0.1, 0.15) is 0 Å². The Morgan fingerprint density at radius 1 is 1.22 bits per heavy atom. The first-order valence-corrected chi connectivity index (χ1v) is 7.56. The Hall–Kier alpha value is -0.530. The molecule has 2 heteroatoms. The largest absolute Gasteiger partial charge is 0.330 e. The van der Waals surface area contributed by atoms with Crippen LogP contribution in [0.5, 0.6) is 0 Å². The van der Waals surface area contributed by atoms with Gasteiger partial charge in [-0.25, -0.2) is 0 Å². The molecule has 0 saturated heterocycles. The minimum absolute atomic E-state index is 0.587. The van der Waals surface area contributed by atoms with E-state index < -0.39 is 0 Å². The second-order valence-corrected chi connectivity index (χ2v) is 6.05. The van der Waals surface area contributed by atoms with Crippen LogP contribution in [0.15, 0.2) is 24.3 Å². The molecule has 0 bridgehead atoms. The van der Waals surface area contributed by atoms with Crippen molar-refractivity contribution in [1.29, 1.82) is 0 Å². The van der Waals surface area contributed by atoms with Crippen molar-refractivity contribution in [3.63, 3.8) is 0 Å². The fourth-order valence-electron chi connectivity index (χ4n) is 3.35. The van der Waals surface area contributed by atoms with Gasteiger partial charge in [-0.3, -0.25) is 0 Å². The van der Waals surface area contributed by atoms with Gasteiger partial charge in [0, 0.05) is 5.02 Å². The maximum Gasteiger partial charge on any atom is 0.0440 e. The van der Waals surface area contributed by atoms with Gasteiger partial charge < -0.3 is 5.73 Å². The number of halogens is 1. The molecular weight excluding hydrogens is 242 g/mol. The Balaban J connectivity index is 2.28. The Kier molecular flexibility index (Phi) is 5.08. The molecule has 2 rings (SSSR count). The van der Waals surface area contributed by atoms with Crippen molar-refractivity contribution in [2.75, 3.05) is 6.54 Å². The van der Waals surface area contributed by atoms with Gasteiger partial charge in [0.05, 0.1) is 0 Å². The highest BCUT2D eigenvalue weighted by Crippen LogP contribution is 2.42. The quantitative estimate of drug-likeness (QED) is 0.795. The van der Waals surface area contributed by atoms with E-state index in [-0.39, 0.29) is 0 Å². The first kappa shape index (κ1) is 13.9. The van der Waals surface area contributed by atoms with Crippen LogP contribution in [-0.2, 0) is 0 Å². The van der Waals surface area contributed by atoms with Gasteiger partial charge in [-0.2, -0.15) is 0 Å². The van der Waals surface area contributed by atoms with Crippen LogP contribution in [-0.4, -0.2) is 6.54 Å². The van der Waals surface area contributed by atoms with Gasteiger partial charge >= 0.3 is 0 Å². The smallest absolute Gasteiger partial charge is 0.0440 e. The van der Waals surface area contributed by atoms with Crippen molar-refractivity contribution in [2.24, 2.45) is 17.6 Å². The van der Waals surface area contributed by atoms with E-state index in [0.29, 0.717) is 17.8 Å². The highest BCUT2D eigenvalue weighted by molar-refractivity contribution is 6.31. The fraction of sp³-hybridized carbons (Fsp3) is 0.625. The lowest BCUT2D eigenvalue weighted by Gasteiger charge is -2.30. The SMILES string of the molecule is CC(CN)C1CCCCCC1c1ccccc1Cl. The van der Waals surface area contributed by atoms with Crippen LogP contribution in [0.3, 0.4) is 0 Å². The van der Waals surface area contributed by atoms with E-state index in [1.807, 2.05) is 12.1 Å². The Morgan fingerprint density at radius 2 is 1.94 bits per heavy atom. The highest BCUT2D eigenvalue weighted by Gasteiger charge is 2.29. The van der Waals surface area contributed by atoms with Crippen LogP contribution < -0.4 is 5.73 Å². The summed E-state index contributed by atoms with van der Waals surface area (Å²) in [4.78, 5) is 0. The summed E-state index contributed by atoms with van der Waals surface area (Å²) < 4.78 is 0. The Bertz CT molecular complexity index is 377. The van der Waals surface area contributed by atoms with Crippen LogP contribution in [0.4, 0.5) is 0 Å². The lowest BCUT2D eigenvalue weighted by atomic mass is 9.75. The van der Waals surface area contributed by atoms with Crippen LogP contribution in [0.2, 0.25) is 5.02 Å². The lowest BCUT2D eigenvalue weighted by molar-refractivity contribution is 0.288. The lowest BCUT2D eigenvalue weighted by Crippen LogP contribution is -2.25. The summed E-state index contributed by atoms with van der Waals surface area (Å²) in [6.45, 7) is 3.07. The van der Waals surface area contributed by atoms with Gasteiger partial charge in [0.15, 0.2) is 0 Å². The molecule has 0 spiro atoms. The van der Waals surface area contributed by atoms with Crippen LogP contribution in [0, 0.1) is 11.8 Å². The van der Waals surface area contributed by atoms with E-state index in [0.717, 1.165) is 11.6 Å². The summed E-state index contributed by atoms with van der Waals surface area (Å²) in [6.07, 6.45) is 6.58. The number of benzene rings is 1. The van der Waals surface area contributed by atoms with Gasteiger partial charge in [0.25, 0.3) is 0 Å². The van der Waals surface area contributed by atoms with E-state index in [1.165, 1.54) is 37.7 Å². The molecule has 1 aromatic carbocycles. The van der Waals surface area contributed by atoms with Crippen molar-refractivity contribution >= 4 is 11.6 Å². The molecule has 2 N–H and O–H groups in total. The van der Waals surface area contributed by atoms with E-state index in [4.69, 9.17) is 17.3 Å². The van der Waals surface area contributed by atoms with E-state index in [9.17, 15) is 0 Å². The van der Waals surface area contributed by atoms with Gasteiger partial charge in [0.2, 0.25) is 0 Å². The normalized spacial score (nSPS) is 26.6. The van der Waals surface area contributed by atoms with Crippen molar-refractivity contribution in [3.8, 4) is 0 Å². The monoisotopic (exact) mass is 265 g/mol. The number of hydrogen-bond acceptors (Lipinski definition) is 1. The summed E-state index contributed by atoms with van der Waals surface area (Å²) in [6, 6.07) is 8.35. The van der Waals surface area contributed by atoms with Crippen LogP contribution in [0.25, 0.3) is 0 Å². The van der Waals surface area contributed by atoms with Gasteiger partial charge in [-0.15, -0.1) is 0 Å². The molecule has 0 heterocycles. The molecule has 0 aromatic heterocycles. The second-order valence-electron chi connectivity index (χ2n) is 5.64. The molecule has 0 amide bonds. The zero-order valence-electron chi connectivity index (χ0n) is 11.2. The zero-order valence-corrected chi connectivity index (χ0v) is 12.0. The molecule has 100 valence electrons. The van der Waals surface area contributed by atoms with Crippen LogP contribution in [0.1, 0.15) is 50.5 Å². The number of nitrogens with two attached hydrogens (primary N) is 1. The fourth-order valence-corrected chi connectivity index (χ4v) is 3.63. The maximum atomic E-state index is 6.39. The zero-order chi connectivity index (χ0) is 13.0. The van der Waals surface area contributed by atoms with E-state index >= 15 is 0 Å². The molecule has 1 nitrogen and oxygen atoms in total. The molecule has 3 atom stereocenters. The van der Waals surface area contributed by atoms with Crippen molar-refractivity contribution in [1.82, 2.24) is 0 Å². The molecule has 1 saturated carbocycles. The summed E-state index contributed by atoms with van der Waals surface area (Å²) in [7, 11) is 0. The molecule has 1 aliphatic carbocycles. The maximum absolute atomic E-state index is 6.39. The van der Waals surface area contributed by atoms with Crippen molar-refractivity contribution in [3.05, 3.63) is 34.9 Å². The number of rotatable bonds is 3. The van der Waals surface area contributed by atoms with Crippen LogP contribution >= 0.6 is 11.6 Å². The molecule has 0 aliphatic heterocycles. The second kappa shape index (κ2) is 6.58. The molecule has 1 aromatic rings.